The van der Waals surface area contributed by atoms with Crippen molar-refractivity contribution in [2.45, 2.75) is 32.6 Å². The van der Waals surface area contributed by atoms with Crippen molar-refractivity contribution >= 4 is 11.5 Å². The Hall–Kier alpha value is -0.660. The van der Waals surface area contributed by atoms with E-state index in [2.05, 4.69) is 0 Å². The lowest BCUT2D eigenvalue weighted by Gasteiger charge is -2.03. The minimum absolute atomic E-state index is 0.0671. The van der Waals surface area contributed by atoms with Gasteiger partial charge in [-0.1, -0.05) is 12.8 Å². The molecule has 1 fully saturated rings. The fourth-order valence-electron chi connectivity index (χ4n) is 1.49. The Morgan fingerprint density at radius 1 is 1.40 bits per heavy atom. The number of hydrogen-bond donors (Lipinski definition) is 1. The summed E-state index contributed by atoms with van der Waals surface area (Å²) in [5.41, 5.74) is 0.229. The van der Waals surface area contributed by atoms with E-state index in [9.17, 15) is 4.79 Å². The van der Waals surface area contributed by atoms with Crippen LogP contribution in [0.5, 0.6) is 0 Å². The Labute approximate surface area is 61.1 Å². The summed E-state index contributed by atoms with van der Waals surface area (Å²) in [5, 5.41) is 7.12. The van der Waals surface area contributed by atoms with E-state index in [4.69, 9.17) is 5.41 Å². The average Bonchev–Trinajstić information content (AvgIpc) is 2.36. The fraction of sp³-hybridized carbons (Fsp3) is 0.750. The lowest BCUT2D eigenvalue weighted by molar-refractivity contribution is -0.116. The molecule has 56 valence electrons. The van der Waals surface area contributed by atoms with Gasteiger partial charge in [0.1, 0.15) is 0 Å². The van der Waals surface area contributed by atoms with Crippen molar-refractivity contribution in [3.8, 4) is 0 Å². The molecule has 0 aromatic carbocycles. The van der Waals surface area contributed by atoms with Crippen molar-refractivity contribution in [2.75, 3.05) is 0 Å². The van der Waals surface area contributed by atoms with Crippen LogP contribution < -0.4 is 0 Å². The number of carbonyl (C=O) groups is 1. The van der Waals surface area contributed by atoms with Crippen molar-refractivity contribution in [3.05, 3.63) is 0 Å². The first-order valence-electron chi connectivity index (χ1n) is 3.81. The summed E-state index contributed by atoms with van der Waals surface area (Å²) in [7, 11) is 0. The standard InChI is InChI=1S/C8H13NO/c1-6(9)8(10)7-4-2-3-5-7/h7,9H,2-5H2,1H3. The van der Waals surface area contributed by atoms with E-state index >= 15 is 0 Å². The third kappa shape index (κ3) is 1.43. The smallest absolute Gasteiger partial charge is 0.179 e. The molecule has 2 nitrogen and oxygen atoms in total. The summed E-state index contributed by atoms with van der Waals surface area (Å²) in [6, 6.07) is 0. The van der Waals surface area contributed by atoms with E-state index in [0.717, 1.165) is 12.8 Å². The Morgan fingerprint density at radius 3 is 2.30 bits per heavy atom. The topological polar surface area (TPSA) is 40.9 Å². The summed E-state index contributed by atoms with van der Waals surface area (Å²) in [4.78, 5) is 11.1. The van der Waals surface area contributed by atoms with Gasteiger partial charge in [0.2, 0.25) is 0 Å². The highest BCUT2D eigenvalue weighted by atomic mass is 16.1. The van der Waals surface area contributed by atoms with Crippen LogP contribution in [-0.2, 0) is 4.79 Å². The van der Waals surface area contributed by atoms with Crippen LogP contribution >= 0.6 is 0 Å². The molecule has 1 rings (SSSR count). The van der Waals surface area contributed by atoms with Crippen LogP contribution in [0.1, 0.15) is 32.6 Å². The zero-order valence-corrected chi connectivity index (χ0v) is 6.31. The Bertz CT molecular complexity index is 157. The van der Waals surface area contributed by atoms with E-state index in [1.165, 1.54) is 12.8 Å². The van der Waals surface area contributed by atoms with Crippen LogP contribution in [0, 0.1) is 11.3 Å². The van der Waals surface area contributed by atoms with Crippen molar-refractivity contribution in [1.82, 2.24) is 0 Å². The summed E-state index contributed by atoms with van der Waals surface area (Å²) >= 11 is 0. The molecule has 0 radical (unpaired) electrons. The number of carbonyl (C=O) groups excluding carboxylic acids is 1. The number of nitrogens with one attached hydrogen (secondary N) is 1. The monoisotopic (exact) mass is 139 g/mol. The second-order valence-corrected chi connectivity index (χ2v) is 2.97. The van der Waals surface area contributed by atoms with Gasteiger partial charge in [-0.25, -0.2) is 0 Å². The predicted octanol–water partition coefficient (Wildman–Crippen LogP) is 1.79. The summed E-state index contributed by atoms with van der Waals surface area (Å²) < 4.78 is 0. The molecule has 1 saturated carbocycles. The lowest BCUT2D eigenvalue weighted by Crippen LogP contribution is -2.17. The summed E-state index contributed by atoms with van der Waals surface area (Å²) in [6.45, 7) is 1.58. The first-order chi connectivity index (χ1) is 4.72. The summed E-state index contributed by atoms with van der Waals surface area (Å²) in [5.74, 6) is 0.259. The number of rotatable bonds is 2. The highest BCUT2D eigenvalue weighted by molar-refractivity contribution is 6.38. The molecular weight excluding hydrogens is 126 g/mol. The minimum atomic E-state index is 0.0671. The van der Waals surface area contributed by atoms with E-state index in [0.29, 0.717) is 0 Å². The van der Waals surface area contributed by atoms with Gasteiger partial charge in [-0.3, -0.25) is 4.79 Å². The largest absolute Gasteiger partial charge is 0.302 e. The van der Waals surface area contributed by atoms with Crippen LogP contribution in [0.25, 0.3) is 0 Å². The van der Waals surface area contributed by atoms with Gasteiger partial charge in [-0.15, -0.1) is 0 Å². The van der Waals surface area contributed by atoms with Crippen LogP contribution in [0.3, 0.4) is 0 Å². The summed E-state index contributed by atoms with van der Waals surface area (Å²) in [6.07, 6.45) is 4.36. The maximum Gasteiger partial charge on any atom is 0.179 e. The second kappa shape index (κ2) is 2.95. The van der Waals surface area contributed by atoms with Crippen LogP contribution in [0.2, 0.25) is 0 Å². The molecule has 10 heavy (non-hydrogen) atoms. The molecule has 0 saturated heterocycles. The first-order valence-corrected chi connectivity index (χ1v) is 3.81. The molecule has 1 aliphatic rings. The molecule has 0 aromatic rings. The Balaban J connectivity index is 2.48. The molecule has 0 unspecified atom stereocenters. The van der Waals surface area contributed by atoms with Gasteiger partial charge in [-0.2, -0.15) is 0 Å². The van der Waals surface area contributed by atoms with E-state index < -0.39 is 0 Å². The molecular formula is C8H13NO. The molecule has 0 atom stereocenters. The highest BCUT2D eigenvalue weighted by Crippen LogP contribution is 2.25. The zero-order valence-electron chi connectivity index (χ0n) is 6.31. The zero-order chi connectivity index (χ0) is 7.56. The fourth-order valence-corrected chi connectivity index (χ4v) is 1.49. The molecule has 0 spiro atoms. The third-order valence-electron chi connectivity index (χ3n) is 2.10. The van der Waals surface area contributed by atoms with Gasteiger partial charge >= 0.3 is 0 Å². The maximum atomic E-state index is 11.1. The minimum Gasteiger partial charge on any atom is -0.302 e. The SMILES string of the molecule is CC(=N)C(=O)C1CCCC1. The Kier molecular flexibility index (Phi) is 2.20. The molecule has 2 heteroatoms. The van der Waals surface area contributed by atoms with E-state index in [-0.39, 0.29) is 17.4 Å². The molecule has 0 heterocycles. The molecule has 0 aliphatic heterocycles. The molecule has 0 bridgehead atoms. The molecule has 0 amide bonds. The van der Waals surface area contributed by atoms with Crippen LogP contribution in [-0.4, -0.2) is 11.5 Å². The number of hydrogen-bond acceptors (Lipinski definition) is 2. The van der Waals surface area contributed by atoms with E-state index in [1.54, 1.807) is 6.92 Å². The quantitative estimate of drug-likeness (QED) is 0.582. The van der Waals surface area contributed by atoms with E-state index in [1.807, 2.05) is 0 Å². The van der Waals surface area contributed by atoms with Gasteiger partial charge in [0.25, 0.3) is 0 Å². The maximum absolute atomic E-state index is 11.1. The third-order valence-corrected chi connectivity index (χ3v) is 2.10. The molecule has 1 N–H and O–H groups in total. The predicted molar refractivity (Wildman–Crippen MR) is 40.4 cm³/mol. The highest BCUT2D eigenvalue weighted by Gasteiger charge is 2.23. The lowest BCUT2D eigenvalue weighted by atomic mass is 10.00. The normalized spacial score (nSPS) is 19.3. The molecule has 1 aliphatic carbocycles. The van der Waals surface area contributed by atoms with Crippen molar-refractivity contribution < 1.29 is 4.79 Å². The van der Waals surface area contributed by atoms with Gasteiger partial charge in [0.15, 0.2) is 5.78 Å². The van der Waals surface area contributed by atoms with Gasteiger partial charge in [0, 0.05) is 5.92 Å². The molecule has 0 aromatic heterocycles. The van der Waals surface area contributed by atoms with Gasteiger partial charge in [0.05, 0.1) is 5.71 Å². The van der Waals surface area contributed by atoms with Crippen molar-refractivity contribution in [1.29, 1.82) is 5.41 Å². The van der Waals surface area contributed by atoms with Crippen molar-refractivity contribution in [3.63, 3.8) is 0 Å². The van der Waals surface area contributed by atoms with Crippen LogP contribution in [0.15, 0.2) is 0 Å². The van der Waals surface area contributed by atoms with Gasteiger partial charge in [-0.05, 0) is 19.8 Å². The first kappa shape index (κ1) is 7.45. The number of ketones is 1. The van der Waals surface area contributed by atoms with Crippen LogP contribution in [0.4, 0.5) is 0 Å². The number of Topliss-reactive ketones (excluding diaryl/α,β-unsaturated/α-hetero) is 1. The van der Waals surface area contributed by atoms with Crippen molar-refractivity contribution in [2.24, 2.45) is 5.92 Å². The Morgan fingerprint density at radius 2 is 1.90 bits per heavy atom. The second-order valence-electron chi connectivity index (χ2n) is 2.97. The average molecular weight is 139 g/mol. The van der Waals surface area contributed by atoms with Gasteiger partial charge < -0.3 is 5.41 Å².